The van der Waals surface area contributed by atoms with Crippen molar-refractivity contribution in [2.24, 2.45) is 5.73 Å². The van der Waals surface area contributed by atoms with Crippen molar-refractivity contribution >= 4 is 15.9 Å². The Morgan fingerprint density at radius 1 is 1.39 bits per heavy atom. The SMILES string of the molecule is CCn1cc(CC(CN)c2ccccc2Br)cn1. The van der Waals surface area contributed by atoms with E-state index in [1.165, 1.54) is 11.1 Å². The smallest absolute Gasteiger partial charge is 0.0521 e. The van der Waals surface area contributed by atoms with Gasteiger partial charge >= 0.3 is 0 Å². The molecule has 1 heterocycles. The largest absolute Gasteiger partial charge is 0.330 e. The molecule has 4 heteroatoms. The first-order valence-corrected chi connectivity index (χ1v) is 6.99. The van der Waals surface area contributed by atoms with Gasteiger partial charge in [0.1, 0.15) is 0 Å². The predicted octanol–water partition coefficient (Wildman–Crippen LogP) is 2.95. The van der Waals surface area contributed by atoms with E-state index in [0.29, 0.717) is 12.5 Å². The number of hydrogen-bond acceptors (Lipinski definition) is 2. The molecule has 2 aromatic rings. The zero-order valence-electron chi connectivity index (χ0n) is 10.5. The summed E-state index contributed by atoms with van der Waals surface area (Å²) in [6.07, 6.45) is 4.96. The first-order valence-electron chi connectivity index (χ1n) is 6.20. The van der Waals surface area contributed by atoms with E-state index in [2.05, 4.69) is 52.3 Å². The molecular weight excluding hydrogens is 290 g/mol. The summed E-state index contributed by atoms with van der Waals surface area (Å²) in [5, 5.41) is 4.30. The Hall–Kier alpha value is -1.13. The number of halogens is 1. The standard InChI is InChI=1S/C14H18BrN3/c1-2-18-10-11(9-17-18)7-12(8-16)13-5-3-4-6-14(13)15/h3-6,9-10,12H,2,7-8,16H2,1H3. The Morgan fingerprint density at radius 3 is 2.78 bits per heavy atom. The van der Waals surface area contributed by atoms with Gasteiger partial charge in [0.2, 0.25) is 0 Å². The highest BCUT2D eigenvalue weighted by atomic mass is 79.9. The highest BCUT2D eigenvalue weighted by Crippen LogP contribution is 2.26. The average Bonchev–Trinajstić information content (AvgIpc) is 2.85. The second kappa shape index (κ2) is 6.16. The van der Waals surface area contributed by atoms with Crippen LogP contribution in [0.3, 0.4) is 0 Å². The van der Waals surface area contributed by atoms with Gasteiger partial charge in [-0.15, -0.1) is 0 Å². The number of aromatic nitrogens is 2. The molecule has 2 rings (SSSR count). The molecule has 3 nitrogen and oxygen atoms in total. The van der Waals surface area contributed by atoms with Crippen molar-refractivity contribution in [2.45, 2.75) is 25.8 Å². The summed E-state index contributed by atoms with van der Waals surface area (Å²) in [5.74, 6) is 0.329. The van der Waals surface area contributed by atoms with Crippen LogP contribution in [0.25, 0.3) is 0 Å². The van der Waals surface area contributed by atoms with Crippen LogP contribution < -0.4 is 5.73 Å². The Kier molecular flexibility index (Phi) is 4.55. The highest BCUT2D eigenvalue weighted by Gasteiger charge is 2.14. The van der Waals surface area contributed by atoms with Crippen molar-refractivity contribution in [2.75, 3.05) is 6.54 Å². The fourth-order valence-electron chi connectivity index (χ4n) is 2.10. The molecule has 0 aliphatic carbocycles. The molecule has 0 saturated heterocycles. The van der Waals surface area contributed by atoms with Gasteiger partial charge in [0.15, 0.2) is 0 Å². The number of benzene rings is 1. The van der Waals surface area contributed by atoms with Crippen LogP contribution in [-0.4, -0.2) is 16.3 Å². The maximum absolute atomic E-state index is 5.91. The van der Waals surface area contributed by atoms with Gasteiger partial charge in [-0.05, 0) is 37.1 Å². The second-order valence-electron chi connectivity index (χ2n) is 4.36. The van der Waals surface area contributed by atoms with E-state index in [4.69, 9.17) is 5.73 Å². The predicted molar refractivity (Wildman–Crippen MR) is 77.5 cm³/mol. The Balaban J connectivity index is 2.17. The van der Waals surface area contributed by atoms with Crippen LogP contribution in [0.2, 0.25) is 0 Å². The molecule has 0 spiro atoms. The van der Waals surface area contributed by atoms with E-state index >= 15 is 0 Å². The number of rotatable bonds is 5. The first kappa shape index (κ1) is 13.3. The van der Waals surface area contributed by atoms with Gasteiger partial charge in [-0.3, -0.25) is 4.68 Å². The quantitative estimate of drug-likeness (QED) is 0.923. The van der Waals surface area contributed by atoms with Crippen LogP contribution in [-0.2, 0) is 13.0 Å². The summed E-state index contributed by atoms with van der Waals surface area (Å²) in [7, 11) is 0. The van der Waals surface area contributed by atoms with E-state index in [1.807, 2.05) is 16.9 Å². The van der Waals surface area contributed by atoms with Gasteiger partial charge in [0, 0.05) is 23.1 Å². The fourth-order valence-corrected chi connectivity index (χ4v) is 2.70. The normalized spacial score (nSPS) is 12.6. The van der Waals surface area contributed by atoms with Crippen molar-refractivity contribution in [1.82, 2.24) is 9.78 Å². The number of hydrogen-bond donors (Lipinski definition) is 1. The minimum atomic E-state index is 0.329. The molecule has 18 heavy (non-hydrogen) atoms. The molecule has 0 radical (unpaired) electrons. The Labute approximate surface area is 116 Å². The van der Waals surface area contributed by atoms with Crippen LogP contribution >= 0.6 is 15.9 Å². The Bertz CT molecular complexity index is 507. The summed E-state index contributed by atoms with van der Waals surface area (Å²) in [6.45, 7) is 3.63. The summed E-state index contributed by atoms with van der Waals surface area (Å²) in [4.78, 5) is 0. The van der Waals surface area contributed by atoms with Crippen molar-refractivity contribution in [3.05, 3.63) is 52.3 Å². The van der Waals surface area contributed by atoms with Gasteiger partial charge in [0.25, 0.3) is 0 Å². The molecule has 1 aromatic heterocycles. The lowest BCUT2D eigenvalue weighted by Crippen LogP contribution is -2.15. The van der Waals surface area contributed by atoms with E-state index in [-0.39, 0.29) is 0 Å². The maximum atomic E-state index is 5.91. The van der Waals surface area contributed by atoms with E-state index < -0.39 is 0 Å². The van der Waals surface area contributed by atoms with Crippen molar-refractivity contribution < 1.29 is 0 Å². The lowest BCUT2D eigenvalue weighted by molar-refractivity contribution is 0.656. The lowest BCUT2D eigenvalue weighted by atomic mass is 9.93. The van der Waals surface area contributed by atoms with Gasteiger partial charge in [-0.2, -0.15) is 5.10 Å². The van der Waals surface area contributed by atoms with E-state index in [0.717, 1.165) is 17.4 Å². The lowest BCUT2D eigenvalue weighted by Gasteiger charge is -2.15. The van der Waals surface area contributed by atoms with Crippen LogP contribution in [0.1, 0.15) is 24.0 Å². The third-order valence-electron chi connectivity index (χ3n) is 3.12. The summed E-state index contributed by atoms with van der Waals surface area (Å²) in [6, 6.07) is 8.27. The van der Waals surface area contributed by atoms with Crippen LogP contribution in [0, 0.1) is 0 Å². The molecule has 0 aliphatic rings. The minimum Gasteiger partial charge on any atom is -0.330 e. The minimum absolute atomic E-state index is 0.329. The third-order valence-corrected chi connectivity index (χ3v) is 3.84. The van der Waals surface area contributed by atoms with Gasteiger partial charge in [-0.25, -0.2) is 0 Å². The third kappa shape index (κ3) is 3.00. The summed E-state index contributed by atoms with van der Waals surface area (Å²) < 4.78 is 3.08. The summed E-state index contributed by atoms with van der Waals surface area (Å²) >= 11 is 3.59. The zero-order valence-corrected chi connectivity index (χ0v) is 12.1. The Morgan fingerprint density at radius 2 is 2.17 bits per heavy atom. The second-order valence-corrected chi connectivity index (χ2v) is 5.22. The first-order chi connectivity index (χ1) is 8.74. The summed E-state index contributed by atoms with van der Waals surface area (Å²) in [5.41, 5.74) is 8.42. The molecule has 0 bridgehead atoms. The number of nitrogens with zero attached hydrogens (tertiary/aromatic N) is 2. The molecule has 1 aromatic carbocycles. The van der Waals surface area contributed by atoms with Crippen molar-refractivity contribution in [3.8, 4) is 0 Å². The highest BCUT2D eigenvalue weighted by molar-refractivity contribution is 9.10. The fraction of sp³-hybridized carbons (Fsp3) is 0.357. The topological polar surface area (TPSA) is 43.8 Å². The number of nitrogens with two attached hydrogens (primary N) is 1. The molecular formula is C14H18BrN3. The average molecular weight is 308 g/mol. The van der Waals surface area contributed by atoms with Crippen LogP contribution in [0.15, 0.2) is 41.1 Å². The van der Waals surface area contributed by atoms with E-state index in [1.54, 1.807) is 0 Å². The monoisotopic (exact) mass is 307 g/mol. The van der Waals surface area contributed by atoms with Crippen molar-refractivity contribution in [1.29, 1.82) is 0 Å². The molecule has 1 atom stereocenters. The van der Waals surface area contributed by atoms with Crippen molar-refractivity contribution in [3.63, 3.8) is 0 Å². The molecule has 0 aliphatic heterocycles. The van der Waals surface area contributed by atoms with Gasteiger partial charge in [-0.1, -0.05) is 34.1 Å². The molecule has 2 N–H and O–H groups in total. The van der Waals surface area contributed by atoms with Gasteiger partial charge in [0.05, 0.1) is 6.20 Å². The van der Waals surface area contributed by atoms with Gasteiger partial charge < -0.3 is 5.73 Å². The van der Waals surface area contributed by atoms with Crippen LogP contribution in [0.5, 0.6) is 0 Å². The maximum Gasteiger partial charge on any atom is 0.0521 e. The number of aryl methyl sites for hydroxylation is 1. The molecule has 96 valence electrons. The zero-order chi connectivity index (χ0) is 13.0. The van der Waals surface area contributed by atoms with E-state index in [9.17, 15) is 0 Å². The van der Waals surface area contributed by atoms with Crippen LogP contribution in [0.4, 0.5) is 0 Å². The molecule has 0 amide bonds. The molecule has 1 unspecified atom stereocenters. The molecule has 0 fully saturated rings. The molecule has 0 saturated carbocycles.